The summed E-state index contributed by atoms with van der Waals surface area (Å²) in [5.74, 6) is 0.230. The number of pyridine rings is 1. The molecule has 6 heteroatoms. The van der Waals surface area contributed by atoms with Gasteiger partial charge in [0.15, 0.2) is 0 Å². The Hall–Kier alpha value is -5.07. The van der Waals surface area contributed by atoms with Crippen molar-refractivity contribution in [1.82, 2.24) is 20.1 Å². The summed E-state index contributed by atoms with van der Waals surface area (Å²) in [4.78, 5) is 20.2. The van der Waals surface area contributed by atoms with Gasteiger partial charge in [-0.3, -0.25) is 9.78 Å². The van der Waals surface area contributed by atoms with Crippen LogP contribution < -0.4 is 10.2 Å². The lowest BCUT2D eigenvalue weighted by Crippen LogP contribution is -2.38. The van der Waals surface area contributed by atoms with Crippen LogP contribution in [-0.4, -0.2) is 40.3 Å². The average Bonchev–Trinajstić information content (AvgIpc) is 3.81. The molecular formula is C39H35N5O. The molecule has 222 valence electrons. The molecule has 1 N–H and O–H groups in total. The van der Waals surface area contributed by atoms with Gasteiger partial charge in [0.1, 0.15) is 11.2 Å². The van der Waals surface area contributed by atoms with E-state index in [1.54, 1.807) is 0 Å². The number of aryl methyl sites for hydroxylation is 1. The fraction of sp³-hybridized carbons (Fsp3) is 0.205. The SMILES string of the molecule is Cc1cnccc1-c1nn(C(c2ccccc2)(c2ccccc2)c2ccccc2)c2ccc(N3CC[C@]4(CCNC4)C3=O)cc12. The molecule has 1 atom stereocenters. The van der Waals surface area contributed by atoms with E-state index in [1.807, 2.05) is 23.4 Å². The molecule has 2 aliphatic rings. The lowest BCUT2D eigenvalue weighted by molar-refractivity contribution is -0.124. The number of benzene rings is 4. The number of nitrogens with zero attached hydrogens (tertiary/aromatic N) is 4. The van der Waals surface area contributed by atoms with Crippen LogP contribution in [0.2, 0.25) is 0 Å². The number of rotatable bonds is 6. The van der Waals surface area contributed by atoms with E-state index in [2.05, 4.69) is 131 Å². The highest BCUT2D eigenvalue weighted by molar-refractivity contribution is 6.03. The van der Waals surface area contributed by atoms with Crippen molar-refractivity contribution < 1.29 is 4.79 Å². The average molecular weight is 590 g/mol. The molecule has 0 unspecified atom stereocenters. The Labute approximate surface area is 263 Å². The minimum Gasteiger partial charge on any atom is -0.316 e. The molecule has 6 aromatic rings. The highest BCUT2D eigenvalue weighted by Crippen LogP contribution is 2.46. The zero-order chi connectivity index (χ0) is 30.4. The van der Waals surface area contributed by atoms with Crippen molar-refractivity contribution in [3.05, 3.63) is 150 Å². The largest absolute Gasteiger partial charge is 0.316 e. The van der Waals surface area contributed by atoms with Gasteiger partial charge in [-0.2, -0.15) is 5.10 Å². The molecule has 0 aliphatic carbocycles. The Kier molecular flexibility index (Phi) is 6.61. The van der Waals surface area contributed by atoms with Crippen molar-refractivity contribution >= 4 is 22.5 Å². The maximum absolute atomic E-state index is 13.9. The van der Waals surface area contributed by atoms with Gasteiger partial charge in [-0.15, -0.1) is 0 Å². The summed E-state index contributed by atoms with van der Waals surface area (Å²) >= 11 is 0. The summed E-state index contributed by atoms with van der Waals surface area (Å²) in [5, 5.41) is 9.99. The summed E-state index contributed by atoms with van der Waals surface area (Å²) in [6.45, 7) is 4.47. The second-order valence-electron chi connectivity index (χ2n) is 12.4. The Morgan fingerprint density at radius 3 is 2.02 bits per heavy atom. The third-order valence-electron chi connectivity index (χ3n) is 9.90. The number of fused-ring (bicyclic) bond motifs is 1. The third kappa shape index (κ3) is 4.24. The van der Waals surface area contributed by atoms with E-state index in [9.17, 15) is 4.79 Å². The number of hydrogen-bond donors (Lipinski definition) is 1. The van der Waals surface area contributed by atoms with Gasteiger partial charge in [0.25, 0.3) is 0 Å². The normalized spacial score (nSPS) is 18.3. The summed E-state index contributed by atoms with van der Waals surface area (Å²) in [5.41, 5.74) is 7.14. The number of amides is 1. The number of nitrogens with one attached hydrogen (secondary N) is 1. The van der Waals surface area contributed by atoms with Gasteiger partial charge in [0.05, 0.1) is 10.9 Å². The first-order valence-corrected chi connectivity index (χ1v) is 15.8. The van der Waals surface area contributed by atoms with Crippen LogP contribution in [0.25, 0.3) is 22.2 Å². The van der Waals surface area contributed by atoms with Crippen molar-refractivity contribution in [2.24, 2.45) is 5.41 Å². The first-order valence-electron chi connectivity index (χ1n) is 15.8. The van der Waals surface area contributed by atoms with Crippen LogP contribution in [0.1, 0.15) is 35.1 Å². The fourth-order valence-electron chi connectivity index (χ4n) is 7.58. The van der Waals surface area contributed by atoms with E-state index in [-0.39, 0.29) is 11.3 Å². The highest BCUT2D eigenvalue weighted by atomic mass is 16.2. The van der Waals surface area contributed by atoms with Gasteiger partial charge >= 0.3 is 0 Å². The Bertz CT molecular complexity index is 1900. The topological polar surface area (TPSA) is 63.1 Å². The molecule has 8 rings (SSSR count). The molecule has 1 spiro atoms. The van der Waals surface area contributed by atoms with Crippen LogP contribution >= 0.6 is 0 Å². The van der Waals surface area contributed by atoms with Gasteiger partial charge in [0.2, 0.25) is 5.91 Å². The molecule has 45 heavy (non-hydrogen) atoms. The van der Waals surface area contributed by atoms with E-state index in [0.717, 1.165) is 82.6 Å². The van der Waals surface area contributed by atoms with E-state index >= 15 is 0 Å². The summed E-state index contributed by atoms with van der Waals surface area (Å²) in [6, 6.07) is 40.4. The van der Waals surface area contributed by atoms with E-state index in [0.29, 0.717) is 0 Å². The summed E-state index contributed by atoms with van der Waals surface area (Å²) in [7, 11) is 0. The predicted octanol–water partition coefficient (Wildman–Crippen LogP) is 6.96. The summed E-state index contributed by atoms with van der Waals surface area (Å²) < 4.78 is 2.20. The van der Waals surface area contributed by atoms with Crippen LogP contribution in [0, 0.1) is 12.3 Å². The van der Waals surface area contributed by atoms with Crippen LogP contribution in [0.15, 0.2) is 128 Å². The second-order valence-corrected chi connectivity index (χ2v) is 12.4. The molecule has 4 heterocycles. The van der Waals surface area contributed by atoms with Crippen LogP contribution in [0.3, 0.4) is 0 Å². The molecule has 1 amide bonds. The first kappa shape index (κ1) is 27.5. The fourth-order valence-corrected chi connectivity index (χ4v) is 7.58. The Morgan fingerprint density at radius 2 is 1.44 bits per heavy atom. The van der Waals surface area contributed by atoms with Gasteiger partial charge in [-0.05, 0) is 72.8 Å². The standard InChI is InChI=1S/C39H35N5O/c1-28-26-40-22-19-33(28)36-34-25-32(43-24-21-38(37(43)45)20-23-41-27-38)17-18-35(34)44(42-36)39(29-11-5-2-6-12-29,30-13-7-3-8-14-30)31-15-9-4-10-16-31/h2-19,22,25-26,41H,20-21,23-24,27H2,1H3/t38-/m0/s1. The quantitative estimate of drug-likeness (QED) is 0.213. The number of aromatic nitrogens is 3. The number of carbonyl (C=O) groups is 1. The molecule has 2 aromatic heterocycles. The predicted molar refractivity (Wildman–Crippen MR) is 179 cm³/mol. The lowest BCUT2D eigenvalue weighted by Gasteiger charge is -2.37. The highest BCUT2D eigenvalue weighted by Gasteiger charge is 2.49. The van der Waals surface area contributed by atoms with Crippen molar-refractivity contribution in [2.75, 3.05) is 24.5 Å². The van der Waals surface area contributed by atoms with Gasteiger partial charge < -0.3 is 10.2 Å². The summed E-state index contributed by atoms with van der Waals surface area (Å²) in [6.07, 6.45) is 5.50. The maximum atomic E-state index is 13.9. The minimum atomic E-state index is -0.772. The molecule has 2 aliphatic heterocycles. The smallest absolute Gasteiger partial charge is 0.234 e. The molecule has 0 saturated carbocycles. The monoisotopic (exact) mass is 589 g/mol. The number of carbonyl (C=O) groups excluding carboxylic acids is 1. The molecule has 2 saturated heterocycles. The van der Waals surface area contributed by atoms with Crippen LogP contribution in [0.5, 0.6) is 0 Å². The van der Waals surface area contributed by atoms with E-state index in [1.165, 1.54) is 0 Å². The van der Waals surface area contributed by atoms with Gasteiger partial charge in [0, 0.05) is 42.1 Å². The molecule has 4 aromatic carbocycles. The zero-order valence-electron chi connectivity index (χ0n) is 25.4. The van der Waals surface area contributed by atoms with Crippen molar-refractivity contribution in [3.8, 4) is 11.3 Å². The van der Waals surface area contributed by atoms with Crippen LogP contribution in [0.4, 0.5) is 5.69 Å². The first-order chi connectivity index (χ1) is 22.1. The molecule has 0 bridgehead atoms. The molecular weight excluding hydrogens is 554 g/mol. The molecule has 2 fully saturated rings. The van der Waals surface area contributed by atoms with Crippen molar-refractivity contribution in [3.63, 3.8) is 0 Å². The second kappa shape index (κ2) is 10.8. The van der Waals surface area contributed by atoms with Gasteiger partial charge in [-0.1, -0.05) is 91.0 Å². The Morgan fingerprint density at radius 1 is 0.800 bits per heavy atom. The van der Waals surface area contributed by atoms with E-state index in [4.69, 9.17) is 5.10 Å². The maximum Gasteiger partial charge on any atom is 0.234 e. The van der Waals surface area contributed by atoms with Gasteiger partial charge in [-0.25, -0.2) is 4.68 Å². The van der Waals surface area contributed by atoms with Crippen molar-refractivity contribution in [1.29, 1.82) is 0 Å². The number of hydrogen-bond acceptors (Lipinski definition) is 4. The van der Waals surface area contributed by atoms with E-state index < -0.39 is 5.54 Å². The third-order valence-corrected chi connectivity index (χ3v) is 9.90. The minimum absolute atomic E-state index is 0.230. The lowest BCUT2D eigenvalue weighted by atomic mass is 9.77. The molecule has 6 nitrogen and oxygen atoms in total. The molecule has 0 radical (unpaired) electrons. The van der Waals surface area contributed by atoms with Crippen LogP contribution in [-0.2, 0) is 10.3 Å². The van der Waals surface area contributed by atoms with Crippen molar-refractivity contribution in [2.45, 2.75) is 25.3 Å². The Balaban J connectivity index is 1.44. The zero-order valence-corrected chi connectivity index (χ0v) is 25.4. The number of anilines is 1.